The van der Waals surface area contributed by atoms with Crippen LogP contribution in [0.15, 0.2) is 42.5 Å². The van der Waals surface area contributed by atoms with Crippen molar-refractivity contribution in [2.45, 2.75) is 26.9 Å². The second-order valence-electron chi connectivity index (χ2n) is 5.26. The third kappa shape index (κ3) is 3.94. The van der Waals surface area contributed by atoms with Crippen LogP contribution in [-0.4, -0.2) is 18.0 Å². The molecule has 0 aliphatic carbocycles. The molecule has 1 amide bonds. The van der Waals surface area contributed by atoms with Crippen LogP contribution in [-0.2, 0) is 9.53 Å². The Bertz CT molecular complexity index is 743. The number of anilines is 1. The zero-order valence-corrected chi connectivity index (χ0v) is 13.2. The molecule has 1 unspecified atom stereocenters. The predicted octanol–water partition coefficient (Wildman–Crippen LogP) is 3.63. The summed E-state index contributed by atoms with van der Waals surface area (Å²) in [5, 5.41) is 2.71. The number of hydrogen-bond acceptors (Lipinski definition) is 3. The zero-order valence-electron chi connectivity index (χ0n) is 13.2. The van der Waals surface area contributed by atoms with E-state index in [1.807, 2.05) is 26.0 Å². The number of esters is 1. The van der Waals surface area contributed by atoms with Gasteiger partial charge in [0.1, 0.15) is 5.82 Å². The molecule has 0 aliphatic heterocycles. The Morgan fingerprint density at radius 3 is 2.48 bits per heavy atom. The van der Waals surface area contributed by atoms with Crippen molar-refractivity contribution in [1.29, 1.82) is 0 Å². The van der Waals surface area contributed by atoms with Crippen LogP contribution in [0.1, 0.15) is 28.4 Å². The molecule has 120 valence electrons. The topological polar surface area (TPSA) is 55.4 Å². The van der Waals surface area contributed by atoms with Gasteiger partial charge < -0.3 is 10.1 Å². The summed E-state index contributed by atoms with van der Waals surface area (Å²) in [5.41, 5.74) is 2.44. The van der Waals surface area contributed by atoms with Crippen molar-refractivity contribution < 1.29 is 18.7 Å². The molecule has 0 spiro atoms. The van der Waals surface area contributed by atoms with Gasteiger partial charge in [-0.2, -0.15) is 0 Å². The van der Waals surface area contributed by atoms with E-state index in [9.17, 15) is 14.0 Å². The third-order valence-electron chi connectivity index (χ3n) is 3.61. The maximum absolute atomic E-state index is 13.5. The highest BCUT2D eigenvalue weighted by molar-refractivity contribution is 5.97. The van der Waals surface area contributed by atoms with Gasteiger partial charge in [0.2, 0.25) is 0 Å². The number of rotatable bonds is 4. The SMILES string of the molecule is Cc1cccc(NC(=O)C(C)OC(=O)c2ccccc2F)c1C. The van der Waals surface area contributed by atoms with Gasteiger partial charge in [0, 0.05) is 5.69 Å². The fourth-order valence-electron chi connectivity index (χ4n) is 2.03. The average molecular weight is 315 g/mol. The fourth-order valence-corrected chi connectivity index (χ4v) is 2.03. The van der Waals surface area contributed by atoms with Crippen LogP contribution in [0, 0.1) is 19.7 Å². The first-order chi connectivity index (χ1) is 10.9. The van der Waals surface area contributed by atoms with Crippen molar-refractivity contribution >= 4 is 17.6 Å². The van der Waals surface area contributed by atoms with Crippen molar-refractivity contribution in [3.05, 3.63) is 65.0 Å². The molecule has 0 aromatic heterocycles. The van der Waals surface area contributed by atoms with Crippen LogP contribution >= 0.6 is 0 Å². The molecule has 1 atom stereocenters. The molecule has 1 N–H and O–H groups in total. The highest BCUT2D eigenvalue weighted by atomic mass is 19.1. The molecule has 5 heteroatoms. The first-order valence-electron chi connectivity index (χ1n) is 7.22. The summed E-state index contributed by atoms with van der Waals surface area (Å²) in [5.74, 6) is -2.02. The minimum absolute atomic E-state index is 0.195. The molecule has 0 radical (unpaired) electrons. The first kappa shape index (κ1) is 16.7. The van der Waals surface area contributed by atoms with Gasteiger partial charge in [-0.15, -0.1) is 0 Å². The average Bonchev–Trinajstić information content (AvgIpc) is 2.52. The molecular weight excluding hydrogens is 297 g/mol. The fraction of sp³-hybridized carbons (Fsp3) is 0.222. The Morgan fingerprint density at radius 1 is 1.09 bits per heavy atom. The maximum Gasteiger partial charge on any atom is 0.341 e. The lowest BCUT2D eigenvalue weighted by Crippen LogP contribution is -2.30. The number of nitrogens with one attached hydrogen (secondary N) is 1. The smallest absolute Gasteiger partial charge is 0.341 e. The number of amides is 1. The van der Waals surface area contributed by atoms with E-state index in [2.05, 4.69) is 5.32 Å². The Kier molecular flexibility index (Phi) is 5.11. The second-order valence-corrected chi connectivity index (χ2v) is 5.26. The van der Waals surface area contributed by atoms with Gasteiger partial charge in [0.15, 0.2) is 6.10 Å². The Morgan fingerprint density at radius 2 is 1.78 bits per heavy atom. The van der Waals surface area contributed by atoms with E-state index >= 15 is 0 Å². The molecule has 0 fully saturated rings. The summed E-state index contributed by atoms with van der Waals surface area (Å²) in [7, 11) is 0. The Labute approximate surface area is 134 Å². The number of ether oxygens (including phenoxy) is 1. The van der Waals surface area contributed by atoms with E-state index in [4.69, 9.17) is 4.74 Å². The van der Waals surface area contributed by atoms with Gasteiger partial charge >= 0.3 is 5.97 Å². The van der Waals surface area contributed by atoms with Gasteiger partial charge in [-0.05, 0) is 50.1 Å². The van der Waals surface area contributed by atoms with Crippen molar-refractivity contribution in [3.63, 3.8) is 0 Å². The van der Waals surface area contributed by atoms with Crippen LogP contribution in [0.4, 0.5) is 10.1 Å². The van der Waals surface area contributed by atoms with Crippen LogP contribution in [0.5, 0.6) is 0 Å². The van der Waals surface area contributed by atoms with Gasteiger partial charge in [-0.25, -0.2) is 9.18 Å². The van der Waals surface area contributed by atoms with Gasteiger partial charge in [0.05, 0.1) is 5.56 Å². The standard InChI is InChI=1S/C18H18FNO3/c1-11-7-6-10-16(12(11)2)20-17(21)13(3)23-18(22)14-8-4-5-9-15(14)19/h4-10,13H,1-3H3,(H,20,21). The molecular formula is C18H18FNO3. The largest absolute Gasteiger partial charge is 0.449 e. The van der Waals surface area contributed by atoms with Gasteiger partial charge in [0.25, 0.3) is 5.91 Å². The summed E-state index contributed by atoms with van der Waals surface area (Å²) < 4.78 is 18.6. The number of carbonyl (C=O) groups excluding carboxylic acids is 2. The lowest BCUT2D eigenvalue weighted by atomic mass is 10.1. The van der Waals surface area contributed by atoms with Crippen molar-refractivity contribution in [3.8, 4) is 0 Å². The predicted molar refractivity (Wildman–Crippen MR) is 85.8 cm³/mol. The van der Waals surface area contributed by atoms with Crippen LogP contribution < -0.4 is 5.32 Å². The molecule has 2 rings (SSSR count). The minimum Gasteiger partial charge on any atom is -0.449 e. The summed E-state index contributed by atoms with van der Waals surface area (Å²) >= 11 is 0. The summed E-state index contributed by atoms with van der Waals surface area (Å²) in [6.07, 6.45) is -1.04. The quantitative estimate of drug-likeness (QED) is 0.877. The number of benzene rings is 2. The summed E-state index contributed by atoms with van der Waals surface area (Å²) in [6.45, 7) is 5.27. The molecule has 0 saturated carbocycles. The van der Waals surface area contributed by atoms with E-state index in [1.54, 1.807) is 6.07 Å². The van der Waals surface area contributed by atoms with E-state index in [0.29, 0.717) is 5.69 Å². The third-order valence-corrected chi connectivity index (χ3v) is 3.61. The van der Waals surface area contributed by atoms with Gasteiger partial charge in [-0.1, -0.05) is 24.3 Å². The molecule has 0 saturated heterocycles. The van der Waals surface area contributed by atoms with Crippen LogP contribution in [0.3, 0.4) is 0 Å². The number of halogens is 1. The first-order valence-corrected chi connectivity index (χ1v) is 7.22. The van der Waals surface area contributed by atoms with E-state index in [-0.39, 0.29) is 5.56 Å². The molecule has 4 nitrogen and oxygen atoms in total. The van der Waals surface area contributed by atoms with Crippen molar-refractivity contribution in [2.75, 3.05) is 5.32 Å². The second kappa shape index (κ2) is 7.05. The van der Waals surface area contributed by atoms with Crippen molar-refractivity contribution in [1.82, 2.24) is 0 Å². The molecule has 2 aromatic carbocycles. The van der Waals surface area contributed by atoms with Crippen LogP contribution in [0.2, 0.25) is 0 Å². The number of carbonyl (C=O) groups is 2. The lowest BCUT2D eigenvalue weighted by molar-refractivity contribution is -0.123. The van der Waals surface area contributed by atoms with E-state index < -0.39 is 23.8 Å². The molecule has 23 heavy (non-hydrogen) atoms. The zero-order chi connectivity index (χ0) is 17.0. The minimum atomic E-state index is -1.04. The summed E-state index contributed by atoms with van der Waals surface area (Å²) in [6, 6.07) is 11.0. The molecule has 2 aromatic rings. The molecule has 0 heterocycles. The highest BCUT2D eigenvalue weighted by Gasteiger charge is 2.21. The molecule has 0 aliphatic rings. The van der Waals surface area contributed by atoms with Crippen LogP contribution in [0.25, 0.3) is 0 Å². The van der Waals surface area contributed by atoms with E-state index in [1.165, 1.54) is 25.1 Å². The number of hydrogen-bond donors (Lipinski definition) is 1. The van der Waals surface area contributed by atoms with E-state index in [0.717, 1.165) is 17.2 Å². The van der Waals surface area contributed by atoms with Gasteiger partial charge in [-0.3, -0.25) is 4.79 Å². The Balaban J connectivity index is 2.04. The Hall–Kier alpha value is -2.69. The lowest BCUT2D eigenvalue weighted by Gasteiger charge is -2.15. The summed E-state index contributed by atoms with van der Waals surface area (Å²) in [4.78, 5) is 24.1. The van der Waals surface area contributed by atoms with Crippen molar-refractivity contribution in [2.24, 2.45) is 0 Å². The maximum atomic E-state index is 13.5. The number of aryl methyl sites for hydroxylation is 1. The molecule has 0 bridgehead atoms. The highest BCUT2D eigenvalue weighted by Crippen LogP contribution is 2.18. The normalized spacial score (nSPS) is 11.7. The monoisotopic (exact) mass is 315 g/mol.